The van der Waals surface area contributed by atoms with E-state index in [1.165, 1.54) is 11.8 Å². The van der Waals surface area contributed by atoms with Crippen LogP contribution in [0.4, 0.5) is 0 Å². The molecule has 1 aliphatic rings. The molecule has 2 aromatic heterocycles. The summed E-state index contributed by atoms with van der Waals surface area (Å²) in [5.74, 6) is 1.11. The molecule has 3 rings (SSSR count). The van der Waals surface area contributed by atoms with Crippen LogP contribution in [0.15, 0.2) is 22.7 Å². The number of nitriles is 1. The molecule has 0 saturated heterocycles. The van der Waals surface area contributed by atoms with Gasteiger partial charge in [0.2, 0.25) is 5.91 Å². The average molecular weight is 333 g/mol. The monoisotopic (exact) mass is 333 g/mol. The molecule has 1 aliphatic carbocycles. The maximum absolute atomic E-state index is 11.7. The Morgan fingerprint density at radius 1 is 1.55 bits per heavy atom. The zero-order valence-electron chi connectivity index (χ0n) is 11.9. The molecule has 6 nitrogen and oxygen atoms in total. The van der Waals surface area contributed by atoms with Crippen molar-refractivity contribution in [2.75, 3.05) is 12.3 Å². The smallest absolute Gasteiger partial charge is 0.230 e. The summed E-state index contributed by atoms with van der Waals surface area (Å²) in [7, 11) is 0. The van der Waals surface area contributed by atoms with Crippen LogP contribution in [0.3, 0.4) is 0 Å². The normalized spacial score (nSPS) is 13.8. The molecule has 2 heterocycles. The van der Waals surface area contributed by atoms with Gasteiger partial charge in [-0.2, -0.15) is 5.26 Å². The first-order valence-electron chi connectivity index (χ1n) is 7.05. The number of rotatable bonds is 7. The van der Waals surface area contributed by atoms with Gasteiger partial charge in [0, 0.05) is 12.6 Å². The van der Waals surface area contributed by atoms with Crippen LogP contribution < -0.4 is 5.32 Å². The summed E-state index contributed by atoms with van der Waals surface area (Å²) in [6.07, 6.45) is 2.61. The van der Waals surface area contributed by atoms with Crippen molar-refractivity contribution in [2.24, 2.45) is 0 Å². The Kier molecular flexibility index (Phi) is 4.75. The van der Waals surface area contributed by atoms with Crippen LogP contribution in [0.5, 0.6) is 0 Å². The molecular weight excluding hydrogens is 318 g/mol. The van der Waals surface area contributed by atoms with Crippen LogP contribution in [-0.2, 0) is 4.79 Å². The summed E-state index contributed by atoms with van der Waals surface area (Å²) in [5.41, 5.74) is 0. The molecule has 0 radical (unpaired) electrons. The Morgan fingerprint density at radius 3 is 3.09 bits per heavy atom. The number of hydrogen-bond acceptors (Lipinski definition) is 6. The molecule has 22 heavy (non-hydrogen) atoms. The summed E-state index contributed by atoms with van der Waals surface area (Å²) in [4.78, 5) is 12.8. The predicted molar refractivity (Wildman–Crippen MR) is 85.6 cm³/mol. The van der Waals surface area contributed by atoms with Crippen LogP contribution in [0.25, 0.3) is 10.7 Å². The van der Waals surface area contributed by atoms with Gasteiger partial charge in [-0.3, -0.25) is 9.36 Å². The molecule has 2 aromatic rings. The topological polar surface area (TPSA) is 83.6 Å². The van der Waals surface area contributed by atoms with Crippen LogP contribution in [-0.4, -0.2) is 33.0 Å². The molecule has 0 aromatic carbocycles. The number of carbonyl (C=O) groups is 1. The van der Waals surface area contributed by atoms with Crippen LogP contribution in [0, 0.1) is 11.3 Å². The molecule has 0 aliphatic heterocycles. The second-order valence-electron chi connectivity index (χ2n) is 4.93. The SMILES string of the molecule is N#CCCNC(=O)CSc1nnc(-c2cccs2)n1C1CC1. The Bertz CT molecular complexity index is 685. The number of nitrogens with zero attached hydrogens (tertiary/aromatic N) is 4. The standard InChI is InChI=1S/C14H15N5OS2/c15-6-2-7-16-12(20)9-22-14-18-17-13(11-3-1-8-21-11)19(14)10-4-5-10/h1,3,8,10H,2,4-5,7,9H2,(H,16,20). The van der Waals surface area contributed by atoms with Crippen LogP contribution >= 0.6 is 23.1 Å². The summed E-state index contributed by atoms with van der Waals surface area (Å²) in [5, 5.41) is 22.5. The van der Waals surface area contributed by atoms with Gasteiger partial charge in [0.25, 0.3) is 0 Å². The van der Waals surface area contributed by atoms with E-state index in [0.717, 1.165) is 28.7 Å². The number of amides is 1. The zero-order chi connectivity index (χ0) is 15.4. The molecule has 1 N–H and O–H groups in total. The second kappa shape index (κ2) is 6.94. The van der Waals surface area contributed by atoms with Gasteiger partial charge in [0.15, 0.2) is 11.0 Å². The minimum Gasteiger partial charge on any atom is -0.354 e. The van der Waals surface area contributed by atoms with Gasteiger partial charge in [-0.1, -0.05) is 17.8 Å². The first-order valence-corrected chi connectivity index (χ1v) is 8.91. The van der Waals surface area contributed by atoms with E-state index < -0.39 is 0 Å². The Hall–Kier alpha value is -1.85. The highest BCUT2D eigenvalue weighted by Gasteiger charge is 2.30. The van der Waals surface area contributed by atoms with E-state index in [-0.39, 0.29) is 5.91 Å². The number of carbonyl (C=O) groups excluding carboxylic acids is 1. The summed E-state index contributed by atoms with van der Waals surface area (Å²) < 4.78 is 2.15. The number of nitrogens with one attached hydrogen (secondary N) is 1. The third kappa shape index (κ3) is 3.48. The lowest BCUT2D eigenvalue weighted by atomic mass is 10.4. The lowest BCUT2D eigenvalue weighted by Crippen LogP contribution is -2.26. The predicted octanol–water partition coefficient (Wildman–Crippen LogP) is 2.46. The molecule has 1 fully saturated rings. The van der Waals surface area contributed by atoms with Crippen LogP contribution in [0.1, 0.15) is 25.3 Å². The van der Waals surface area contributed by atoms with Gasteiger partial charge in [-0.15, -0.1) is 21.5 Å². The first kappa shape index (κ1) is 15.1. The average Bonchev–Trinajstić information content (AvgIpc) is 3.04. The van der Waals surface area contributed by atoms with E-state index in [4.69, 9.17) is 5.26 Å². The lowest BCUT2D eigenvalue weighted by Gasteiger charge is -2.07. The van der Waals surface area contributed by atoms with Gasteiger partial charge in [-0.25, -0.2) is 0 Å². The first-order chi connectivity index (χ1) is 10.8. The second-order valence-corrected chi connectivity index (χ2v) is 6.82. The maximum Gasteiger partial charge on any atom is 0.230 e. The number of thiophene rings is 1. The molecule has 0 unspecified atom stereocenters. The zero-order valence-corrected chi connectivity index (χ0v) is 13.5. The fourth-order valence-electron chi connectivity index (χ4n) is 2.05. The molecule has 114 valence electrons. The third-order valence-corrected chi connectivity index (χ3v) is 5.02. The summed E-state index contributed by atoms with van der Waals surface area (Å²) >= 11 is 3.04. The lowest BCUT2D eigenvalue weighted by molar-refractivity contribution is -0.118. The molecule has 0 spiro atoms. The highest BCUT2D eigenvalue weighted by Crippen LogP contribution is 2.41. The number of aromatic nitrogens is 3. The van der Waals surface area contributed by atoms with Crippen LogP contribution in [0.2, 0.25) is 0 Å². The fourth-order valence-corrected chi connectivity index (χ4v) is 3.59. The van der Waals surface area contributed by atoms with E-state index in [0.29, 0.717) is 24.8 Å². The minimum atomic E-state index is -0.0803. The van der Waals surface area contributed by atoms with Crippen molar-refractivity contribution >= 4 is 29.0 Å². The van der Waals surface area contributed by atoms with Gasteiger partial charge in [-0.05, 0) is 24.3 Å². The van der Waals surface area contributed by atoms with Crippen molar-refractivity contribution in [3.05, 3.63) is 17.5 Å². The van der Waals surface area contributed by atoms with E-state index >= 15 is 0 Å². The quantitative estimate of drug-likeness (QED) is 0.621. The molecule has 0 bridgehead atoms. The minimum absolute atomic E-state index is 0.0803. The molecule has 8 heteroatoms. The third-order valence-electron chi connectivity index (χ3n) is 3.21. The van der Waals surface area contributed by atoms with Gasteiger partial charge in [0.05, 0.1) is 23.1 Å². The van der Waals surface area contributed by atoms with Gasteiger partial charge in [0.1, 0.15) is 0 Å². The van der Waals surface area contributed by atoms with Crippen molar-refractivity contribution in [2.45, 2.75) is 30.5 Å². The Morgan fingerprint density at radius 2 is 2.41 bits per heavy atom. The Balaban J connectivity index is 1.67. The fraction of sp³-hybridized carbons (Fsp3) is 0.429. The van der Waals surface area contributed by atoms with Gasteiger partial charge >= 0.3 is 0 Å². The van der Waals surface area contributed by atoms with Crippen molar-refractivity contribution < 1.29 is 4.79 Å². The maximum atomic E-state index is 11.7. The van der Waals surface area contributed by atoms with Gasteiger partial charge < -0.3 is 5.32 Å². The van der Waals surface area contributed by atoms with E-state index in [2.05, 4.69) is 20.1 Å². The highest BCUT2D eigenvalue weighted by molar-refractivity contribution is 7.99. The highest BCUT2D eigenvalue weighted by atomic mass is 32.2. The van der Waals surface area contributed by atoms with E-state index in [9.17, 15) is 4.79 Å². The Labute approximate surface area is 136 Å². The molecule has 1 amide bonds. The van der Waals surface area contributed by atoms with Crippen molar-refractivity contribution in [3.63, 3.8) is 0 Å². The molecule has 0 atom stereocenters. The summed E-state index contributed by atoms with van der Waals surface area (Å²) in [6.45, 7) is 0.394. The number of thioether (sulfide) groups is 1. The van der Waals surface area contributed by atoms with Crippen molar-refractivity contribution in [1.29, 1.82) is 5.26 Å². The molecule has 1 saturated carbocycles. The largest absolute Gasteiger partial charge is 0.354 e. The van der Waals surface area contributed by atoms with Crippen molar-refractivity contribution in [1.82, 2.24) is 20.1 Å². The van der Waals surface area contributed by atoms with Crippen molar-refractivity contribution in [3.8, 4) is 16.8 Å². The molecular formula is C14H15N5OS2. The van der Waals surface area contributed by atoms with E-state index in [1.54, 1.807) is 11.3 Å². The number of hydrogen-bond donors (Lipinski definition) is 1. The summed E-state index contributed by atoms with van der Waals surface area (Å²) in [6, 6.07) is 6.50. The van der Waals surface area contributed by atoms with E-state index in [1.807, 2.05) is 23.6 Å².